The van der Waals surface area contributed by atoms with E-state index in [-0.39, 0.29) is 6.42 Å². The van der Waals surface area contributed by atoms with Crippen LogP contribution < -0.4 is 10.0 Å². The van der Waals surface area contributed by atoms with Crippen molar-refractivity contribution in [2.45, 2.75) is 26.2 Å². The summed E-state index contributed by atoms with van der Waals surface area (Å²) < 4.78 is 0. The third kappa shape index (κ3) is 3.22. The Balaban J connectivity index is 2.18. The van der Waals surface area contributed by atoms with Crippen molar-refractivity contribution in [2.75, 3.05) is 19.6 Å². The number of nitrogens with one attached hydrogen (secondary N) is 1. The lowest BCUT2D eigenvalue weighted by atomic mass is 10.0. The second-order valence-electron chi connectivity index (χ2n) is 3.82. The summed E-state index contributed by atoms with van der Waals surface area (Å²) in [6.45, 7) is 5.25. The Morgan fingerprint density at radius 1 is 1.67 bits per heavy atom. The Hall–Kier alpha value is -0.570. The van der Waals surface area contributed by atoms with Crippen molar-refractivity contribution in [3.05, 3.63) is 0 Å². The SMILES string of the molecule is C[C@@H]1CCC[NH+](CCC(=O)[O-])C1. The van der Waals surface area contributed by atoms with Crippen molar-refractivity contribution in [3.8, 4) is 0 Å². The van der Waals surface area contributed by atoms with E-state index in [0.29, 0.717) is 0 Å². The number of likely N-dealkylation sites (tertiary alicyclic amines) is 1. The van der Waals surface area contributed by atoms with E-state index in [1.165, 1.54) is 17.7 Å². The van der Waals surface area contributed by atoms with Crippen molar-refractivity contribution < 1.29 is 14.8 Å². The number of carboxylic acid groups (broad SMARTS) is 1. The molecule has 3 heteroatoms. The first kappa shape index (κ1) is 9.52. The molecule has 70 valence electrons. The van der Waals surface area contributed by atoms with Gasteiger partial charge in [-0.15, -0.1) is 0 Å². The number of carbonyl (C=O) groups excluding carboxylic acids is 1. The van der Waals surface area contributed by atoms with E-state index in [1.807, 2.05) is 0 Å². The van der Waals surface area contributed by atoms with E-state index < -0.39 is 5.97 Å². The van der Waals surface area contributed by atoms with E-state index in [0.717, 1.165) is 25.6 Å². The summed E-state index contributed by atoms with van der Waals surface area (Å²) >= 11 is 0. The molecule has 0 aromatic carbocycles. The zero-order chi connectivity index (χ0) is 8.97. The highest BCUT2D eigenvalue weighted by atomic mass is 16.4. The molecule has 0 saturated carbocycles. The lowest BCUT2D eigenvalue weighted by Gasteiger charge is -2.27. The number of quaternary nitrogens is 1. The number of hydrogen-bond donors (Lipinski definition) is 1. The summed E-state index contributed by atoms with van der Waals surface area (Å²) in [6.07, 6.45) is 2.75. The van der Waals surface area contributed by atoms with Crippen LogP contribution in [0, 0.1) is 5.92 Å². The molecule has 1 heterocycles. The van der Waals surface area contributed by atoms with Gasteiger partial charge in [-0.25, -0.2) is 0 Å². The van der Waals surface area contributed by atoms with Gasteiger partial charge < -0.3 is 14.8 Å². The van der Waals surface area contributed by atoms with Crippen LogP contribution in [0.2, 0.25) is 0 Å². The van der Waals surface area contributed by atoms with Gasteiger partial charge in [-0.3, -0.25) is 0 Å². The topological polar surface area (TPSA) is 44.6 Å². The predicted octanol–water partition coefficient (Wildman–Crippen LogP) is -1.56. The molecule has 1 N–H and O–H groups in total. The van der Waals surface area contributed by atoms with Gasteiger partial charge in [-0.2, -0.15) is 0 Å². The van der Waals surface area contributed by atoms with Gasteiger partial charge in [0.15, 0.2) is 0 Å². The van der Waals surface area contributed by atoms with Gasteiger partial charge in [0.25, 0.3) is 0 Å². The highest BCUT2D eigenvalue weighted by molar-refractivity contribution is 5.64. The zero-order valence-corrected chi connectivity index (χ0v) is 7.64. The molecule has 1 aliphatic rings. The number of carboxylic acids is 1. The molecule has 1 saturated heterocycles. The zero-order valence-electron chi connectivity index (χ0n) is 7.64. The summed E-state index contributed by atoms with van der Waals surface area (Å²) in [7, 11) is 0. The second-order valence-corrected chi connectivity index (χ2v) is 3.82. The molecule has 0 bridgehead atoms. The summed E-state index contributed by atoms with van der Waals surface area (Å²) in [5, 5.41) is 10.2. The van der Waals surface area contributed by atoms with E-state index in [4.69, 9.17) is 0 Å². The van der Waals surface area contributed by atoms with Crippen LogP contribution in [0.15, 0.2) is 0 Å². The van der Waals surface area contributed by atoms with Gasteiger partial charge in [0, 0.05) is 18.3 Å². The van der Waals surface area contributed by atoms with Crippen LogP contribution in [0.3, 0.4) is 0 Å². The Morgan fingerprint density at radius 2 is 2.42 bits per heavy atom. The van der Waals surface area contributed by atoms with Crippen molar-refractivity contribution in [1.82, 2.24) is 0 Å². The van der Waals surface area contributed by atoms with Crippen LogP contribution in [-0.4, -0.2) is 25.6 Å². The van der Waals surface area contributed by atoms with Crippen molar-refractivity contribution in [3.63, 3.8) is 0 Å². The molecule has 3 nitrogen and oxygen atoms in total. The Bertz CT molecular complexity index is 159. The quantitative estimate of drug-likeness (QED) is 0.558. The largest absolute Gasteiger partial charge is 0.550 e. The molecule has 1 rings (SSSR count). The number of aliphatic carboxylic acids is 1. The molecule has 2 atom stereocenters. The number of rotatable bonds is 3. The van der Waals surface area contributed by atoms with E-state index in [9.17, 15) is 9.90 Å². The average molecular weight is 171 g/mol. The fourth-order valence-corrected chi connectivity index (χ4v) is 1.90. The molecule has 0 radical (unpaired) electrons. The Morgan fingerprint density at radius 3 is 3.00 bits per heavy atom. The molecule has 0 aromatic heterocycles. The summed E-state index contributed by atoms with van der Waals surface area (Å²) in [5.74, 6) is -0.156. The first-order chi connectivity index (χ1) is 5.68. The normalized spacial score (nSPS) is 30.1. The highest BCUT2D eigenvalue weighted by Gasteiger charge is 2.18. The molecule has 1 fully saturated rings. The second kappa shape index (κ2) is 4.45. The summed E-state index contributed by atoms with van der Waals surface area (Å²) in [4.78, 5) is 11.6. The van der Waals surface area contributed by atoms with Crippen LogP contribution in [0.4, 0.5) is 0 Å². The highest BCUT2D eigenvalue weighted by Crippen LogP contribution is 2.04. The number of carbonyl (C=O) groups is 1. The fraction of sp³-hybridized carbons (Fsp3) is 0.889. The van der Waals surface area contributed by atoms with Gasteiger partial charge in [0.2, 0.25) is 0 Å². The maximum atomic E-state index is 10.2. The van der Waals surface area contributed by atoms with Gasteiger partial charge in [0.1, 0.15) is 0 Å². The van der Waals surface area contributed by atoms with Gasteiger partial charge in [-0.1, -0.05) is 6.92 Å². The first-order valence-electron chi connectivity index (χ1n) is 4.72. The van der Waals surface area contributed by atoms with Crippen LogP contribution in [-0.2, 0) is 4.79 Å². The van der Waals surface area contributed by atoms with Gasteiger partial charge in [0.05, 0.1) is 19.6 Å². The fourth-order valence-electron chi connectivity index (χ4n) is 1.90. The first-order valence-corrected chi connectivity index (χ1v) is 4.72. The maximum absolute atomic E-state index is 10.2. The van der Waals surface area contributed by atoms with Crippen molar-refractivity contribution >= 4 is 5.97 Å². The molecular formula is C9H17NO2. The molecule has 0 aromatic rings. The lowest BCUT2D eigenvalue weighted by molar-refractivity contribution is -0.908. The van der Waals surface area contributed by atoms with Gasteiger partial charge >= 0.3 is 0 Å². The van der Waals surface area contributed by atoms with Gasteiger partial charge in [-0.05, 0) is 12.8 Å². The summed E-state index contributed by atoms with van der Waals surface area (Å²) in [5.41, 5.74) is 0. The minimum absolute atomic E-state index is 0.210. The molecule has 0 aliphatic carbocycles. The van der Waals surface area contributed by atoms with Crippen molar-refractivity contribution in [2.24, 2.45) is 5.92 Å². The maximum Gasteiger partial charge on any atom is 0.0823 e. The minimum atomic E-state index is -0.916. The number of hydrogen-bond acceptors (Lipinski definition) is 2. The Kier molecular flexibility index (Phi) is 3.53. The average Bonchev–Trinajstić information content (AvgIpc) is 2.01. The van der Waals surface area contributed by atoms with E-state index in [2.05, 4.69) is 6.92 Å². The monoisotopic (exact) mass is 171 g/mol. The van der Waals surface area contributed by atoms with Crippen LogP contribution in [0.25, 0.3) is 0 Å². The molecular weight excluding hydrogens is 154 g/mol. The van der Waals surface area contributed by atoms with Crippen LogP contribution >= 0.6 is 0 Å². The molecule has 12 heavy (non-hydrogen) atoms. The molecule has 0 spiro atoms. The molecule has 1 unspecified atom stereocenters. The standard InChI is InChI=1S/C9H17NO2/c1-8-3-2-5-10(7-8)6-4-9(11)12/h8H,2-7H2,1H3,(H,11,12)/t8-/m1/s1. The molecule has 1 aliphatic heterocycles. The Labute approximate surface area is 73.4 Å². The minimum Gasteiger partial charge on any atom is -0.550 e. The summed E-state index contributed by atoms with van der Waals surface area (Å²) in [6, 6.07) is 0. The third-order valence-corrected chi connectivity index (χ3v) is 2.55. The lowest BCUT2D eigenvalue weighted by Crippen LogP contribution is -3.13. The molecule has 0 amide bonds. The van der Waals surface area contributed by atoms with Crippen molar-refractivity contribution in [1.29, 1.82) is 0 Å². The third-order valence-electron chi connectivity index (χ3n) is 2.55. The van der Waals surface area contributed by atoms with Crippen LogP contribution in [0.1, 0.15) is 26.2 Å². The number of piperidine rings is 1. The van der Waals surface area contributed by atoms with E-state index in [1.54, 1.807) is 0 Å². The van der Waals surface area contributed by atoms with E-state index >= 15 is 0 Å². The van der Waals surface area contributed by atoms with Crippen LogP contribution in [0.5, 0.6) is 0 Å². The smallest absolute Gasteiger partial charge is 0.0823 e. The predicted molar refractivity (Wildman–Crippen MR) is 43.6 cm³/mol.